The third kappa shape index (κ3) is 3.61. The number of rotatable bonds is 5. The molecule has 3 N–H and O–H groups in total. The number of para-hydroxylation sites is 1. The summed E-state index contributed by atoms with van der Waals surface area (Å²) in [6.07, 6.45) is 1.45. The van der Waals surface area contributed by atoms with E-state index < -0.39 is 0 Å². The predicted octanol–water partition coefficient (Wildman–Crippen LogP) is 3.57. The molecule has 0 unspecified atom stereocenters. The summed E-state index contributed by atoms with van der Waals surface area (Å²) in [6, 6.07) is 12.2. The van der Waals surface area contributed by atoms with E-state index in [2.05, 4.69) is 36.6 Å². The number of H-pyrrole nitrogens is 1. The first kappa shape index (κ1) is 19.5. The molecule has 4 aromatic rings. The number of nitrogens with zero attached hydrogens (tertiary/aromatic N) is 5. The summed E-state index contributed by atoms with van der Waals surface area (Å²) in [6.45, 7) is 7.02. The van der Waals surface area contributed by atoms with Crippen LogP contribution in [0.15, 0.2) is 47.4 Å². The molecule has 10 nitrogen and oxygen atoms in total. The van der Waals surface area contributed by atoms with Gasteiger partial charge in [0.15, 0.2) is 11.4 Å². The lowest BCUT2D eigenvalue weighted by molar-refractivity contribution is 0.415. The van der Waals surface area contributed by atoms with Gasteiger partial charge in [-0.1, -0.05) is 12.1 Å². The highest BCUT2D eigenvalue weighted by molar-refractivity contribution is 5.93. The number of pyridine rings is 2. The zero-order valence-corrected chi connectivity index (χ0v) is 16.6. The Morgan fingerprint density at radius 3 is 2.74 bits per heavy atom. The maximum absolute atomic E-state index is 12.7. The lowest BCUT2D eigenvalue weighted by atomic mass is 10.1. The first-order valence-corrected chi connectivity index (χ1v) is 9.08. The van der Waals surface area contributed by atoms with Crippen molar-refractivity contribution in [2.75, 3.05) is 17.7 Å². The van der Waals surface area contributed by atoms with E-state index in [-0.39, 0.29) is 5.56 Å². The highest BCUT2D eigenvalue weighted by Crippen LogP contribution is 2.33. The van der Waals surface area contributed by atoms with E-state index >= 15 is 0 Å². The summed E-state index contributed by atoms with van der Waals surface area (Å²) in [7, 11) is 3.08. The van der Waals surface area contributed by atoms with Crippen LogP contribution < -0.4 is 20.9 Å². The van der Waals surface area contributed by atoms with Gasteiger partial charge in [0.2, 0.25) is 5.69 Å². The number of methoxy groups -OCH3 is 1. The Labute approximate surface area is 176 Å². The SMILES string of the molecule is [C-]#[N+]c1ccc(Nc2cc(Nc3cccc(C#N)c3OC)c3c(=O)n(C)[nH]c3n2)nc1. The Morgan fingerprint density at radius 2 is 2.06 bits per heavy atom. The molecule has 10 heteroatoms. The number of aromatic amines is 1. The fraction of sp³-hybridized carbons (Fsp3) is 0.0952. The summed E-state index contributed by atoms with van der Waals surface area (Å²) in [5.41, 5.74) is 1.90. The monoisotopic (exact) mass is 412 g/mol. The molecular formula is C21H16N8O2. The van der Waals surface area contributed by atoms with E-state index in [9.17, 15) is 10.1 Å². The number of hydrogen-bond acceptors (Lipinski definition) is 7. The van der Waals surface area contributed by atoms with Gasteiger partial charge in [-0.3, -0.25) is 19.6 Å². The molecule has 0 bridgehead atoms. The highest BCUT2D eigenvalue weighted by atomic mass is 16.5. The van der Waals surface area contributed by atoms with Crippen LogP contribution in [0.4, 0.5) is 28.7 Å². The number of fused-ring (bicyclic) bond motifs is 1. The second-order valence-corrected chi connectivity index (χ2v) is 6.52. The van der Waals surface area contributed by atoms with Gasteiger partial charge in [-0.2, -0.15) is 5.26 Å². The van der Waals surface area contributed by atoms with Gasteiger partial charge in [0, 0.05) is 19.3 Å². The van der Waals surface area contributed by atoms with Crippen molar-refractivity contribution in [2.24, 2.45) is 7.05 Å². The van der Waals surface area contributed by atoms with Crippen LogP contribution in [0.3, 0.4) is 0 Å². The quantitative estimate of drug-likeness (QED) is 0.428. The van der Waals surface area contributed by atoms with Crippen LogP contribution >= 0.6 is 0 Å². The number of ether oxygens (including phenoxy) is 1. The Hall–Kier alpha value is -4.83. The van der Waals surface area contributed by atoms with Gasteiger partial charge < -0.3 is 15.4 Å². The number of aryl methyl sites for hydroxylation is 1. The van der Waals surface area contributed by atoms with Crippen molar-refractivity contribution >= 4 is 39.7 Å². The molecule has 4 rings (SSSR count). The summed E-state index contributed by atoms with van der Waals surface area (Å²) >= 11 is 0. The third-order valence-electron chi connectivity index (χ3n) is 4.55. The van der Waals surface area contributed by atoms with Crippen molar-refractivity contribution in [3.05, 3.63) is 69.9 Å². The van der Waals surface area contributed by atoms with Crippen LogP contribution in [0, 0.1) is 17.9 Å². The number of nitrogens with one attached hydrogen (secondary N) is 3. The average molecular weight is 412 g/mol. The van der Waals surface area contributed by atoms with Crippen molar-refractivity contribution in [2.45, 2.75) is 0 Å². The van der Waals surface area contributed by atoms with Gasteiger partial charge in [-0.15, -0.1) is 0 Å². The lowest BCUT2D eigenvalue weighted by Gasteiger charge is -2.14. The van der Waals surface area contributed by atoms with Crippen LogP contribution in [-0.2, 0) is 7.05 Å². The minimum Gasteiger partial charge on any atom is -0.493 e. The Kier molecular flexibility index (Phi) is 4.96. The maximum atomic E-state index is 12.7. The van der Waals surface area contributed by atoms with Gasteiger partial charge >= 0.3 is 0 Å². The van der Waals surface area contributed by atoms with Crippen LogP contribution in [0.25, 0.3) is 15.9 Å². The first-order valence-electron chi connectivity index (χ1n) is 9.08. The van der Waals surface area contributed by atoms with Gasteiger partial charge in [0.25, 0.3) is 5.56 Å². The fourth-order valence-corrected chi connectivity index (χ4v) is 3.13. The largest absolute Gasteiger partial charge is 0.493 e. The predicted molar refractivity (Wildman–Crippen MR) is 116 cm³/mol. The third-order valence-corrected chi connectivity index (χ3v) is 4.55. The van der Waals surface area contributed by atoms with Crippen LogP contribution in [0.2, 0.25) is 0 Å². The number of anilines is 4. The minimum absolute atomic E-state index is 0.258. The average Bonchev–Trinajstić information content (AvgIpc) is 3.07. The molecule has 0 atom stereocenters. The molecule has 0 spiro atoms. The van der Waals surface area contributed by atoms with E-state index in [1.165, 1.54) is 18.0 Å². The second-order valence-electron chi connectivity index (χ2n) is 6.52. The van der Waals surface area contributed by atoms with Crippen molar-refractivity contribution in [3.63, 3.8) is 0 Å². The molecule has 31 heavy (non-hydrogen) atoms. The van der Waals surface area contributed by atoms with Gasteiger partial charge in [-0.25, -0.2) is 9.83 Å². The van der Waals surface area contributed by atoms with Gasteiger partial charge in [0.05, 0.1) is 30.6 Å². The minimum atomic E-state index is -0.258. The summed E-state index contributed by atoms with van der Waals surface area (Å²) in [5, 5.41) is 18.9. The van der Waals surface area contributed by atoms with Gasteiger partial charge in [-0.05, 0) is 18.2 Å². The van der Waals surface area contributed by atoms with Crippen LogP contribution in [0.5, 0.6) is 5.75 Å². The summed E-state index contributed by atoms with van der Waals surface area (Å²) in [5.74, 6) is 1.29. The number of aromatic nitrogens is 4. The molecule has 0 fully saturated rings. The molecule has 0 aliphatic heterocycles. The number of nitriles is 1. The molecule has 0 saturated carbocycles. The normalized spacial score (nSPS) is 10.3. The van der Waals surface area contributed by atoms with E-state index in [1.54, 1.807) is 43.4 Å². The van der Waals surface area contributed by atoms with Crippen molar-refractivity contribution in [3.8, 4) is 11.8 Å². The lowest BCUT2D eigenvalue weighted by Crippen LogP contribution is -2.12. The molecule has 152 valence electrons. The molecule has 3 aromatic heterocycles. The number of benzene rings is 1. The first-order chi connectivity index (χ1) is 15.0. The zero-order chi connectivity index (χ0) is 22.0. The molecule has 0 aliphatic rings. The van der Waals surface area contributed by atoms with E-state index in [0.29, 0.717) is 51.0 Å². The molecule has 0 aliphatic carbocycles. The van der Waals surface area contributed by atoms with Gasteiger partial charge in [0.1, 0.15) is 23.1 Å². The van der Waals surface area contributed by atoms with E-state index in [1.807, 2.05) is 0 Å². The van der Waals surface area contributed by atoms with E-state index in [4.69, 9.17) is 11.3 Å². The van der Waals surface area contributed by atoms with Crippen LogP contribution in [0.1, 0.15) is 5.56 Å². The van der Waals surface area contributed by atoms with Crippen molar-refractivity contribution in [1.82, 2.24) is 19.7 Å². The molecule has 0 saturated heterocycles. The molecule has 0 radical (unpaired) electrons. The van der Waals surface area contributed by atoms with Crippen molar-refractivity contribution < 1.29 is 4.74 Å². The van der Waals surface area contributed by atoms with E-state index in [0.717, 1.165) is 0 Å². The maximum Gasteiger partial charge on any atom is 0.277 e. The second kappa shape index (κ2) is 7.89. The standard InChI is InChI=1S/C21H16N8O2/c1-23-13-7-8-16(24-11-13)26-17-9-15(18-20(27-17)28-29(2)21(18)30)25-14-6-4-5-12(10-22)19(14)31-3/h4-9,11H,2-3H3,(H3,24,25,26,27,28). The smallest absolute Gasteiger partial charge is 0.277 e. The molecule has 1 aromatic carbocycles. The number of hydrogen-bond donors (Lipinski definition) is 3. The molecule has 0 amide bonds. The zero-order valence-electron chi connectivity index (χ0n) is 16.6. The van der Waals surface area contributed by atoms with Crippen molar-refractivity contribution in [1.29, 1.82) is 5.26 Å². The topological polar surface area (TPSA) is 125 Å². The highest BCUT2D eigenvalue weighted by Gasteiger charge is 2.16. The Morgan fingerprint density at radius 1 is 1.23 bits per heavy atom. The summed E-state index contributed by atoms with van der Waals surface area (Å²) < 4.78 is 6.72. The van der Waals surface area contributed by atoms with Crippen LogP contribution in [-0.4, -0.2) is 26.9 Å². The summed E-state index contributed by atoms with van der Waals surface area (Å²) in [4.78, 5) is 24.6. The molecule has 3 heterocycles. The Bertz CT molecular complexity index is 1420. The fourth-order valence-electron chi connectivity index (χ4n) is 3.13. The molecular weight excluding hydrogens is 396 g/mol. The Balaban J connectivity index is 1.81.